The number of benzene rings is 1. The van der Waals surface area contributed by atoms with Gasteiger partial charge in [0.05, 0.1) is 29.7 Å². The largest absolute Gasteiger partial charge is 0.465 e. The maximum atomic E-state index is 12.5. The zero-order valence-electron chi connectivity index (χ0n) is 18.2. The van der Waals surface area contributed by atoms with E-state index in [0.29, 0.717) is 11.1 Å². The molecule has 1 amide bonds. The van der Waals surface area contributed by atoms with Crippen LogP contribution >= 0.6 is 0 Å². The molecule has 0 atom stereocenters. The SMILES string of the molecule is COC(=O)c1c(CC(=O)NCCNS(=O)(=O)c2cc(C)ccc2C)[nH]c(C(C)=O)c1C. The predicted octanol–water partition coefficient (Wildman–Crippen LogP) is 1.57. The lowest BCUT2D eigenvalue weighted by Gasteiger charge is -2.11. The van der Waals surface area contributed by atoms with Crippen molar-refractivity contribution in [3.63, 3.8) is 0 Å². The number of amides is 1. The molecule has 0 aliphatic heterocycles. The van der Waals surface area contributed by atoms with E-state index < -0.39 is 21.9 Å². The van der Waals surface area contributed by atoms with Crippen molar-refractivity contribution in [1.82, 2.24) is 15.0 Å². The van der Waals surface area contributed by atoms with E-state index in [9.17, 15) is 22.8 Å². The summed E-state index contributed by atoms with van der Waals surface area (Å²) in [5.41, 5.74) is 2.53. The molecule has 1 aromatic carbocycles. The van der Waals surface area contributed by atoms with Crippen molar-refractivity contribution in [1.29, 1.82) is 0 Å². The highest BCUT2D eigenvalue weighted by atomic mass is 32.2. The van der Waals surface area contributed by atoms with E-state index in [4.69, 9.17) is 4.74 Å². The van der Waals surface area contributed by atoms with Crippen molar-refractivity contribution in [2.45, 2.75) is 39.0 Å². The number of hydrogen-bond donors (Lipinski definition) is 3. The molecular weight excluding hydrogens is 422 g/mol. The molecule has 9 nitrogen and oxygen atoms in total. The number of Topliss-reactive ketones (excluding diaryl/α,β-unsaturated/α-hetero) is 1. The lowest BCUT2D eigenvalue weighted by atomic mass is 10.1. The molecule has 0 saturated heterocycles. The Kier molecular flexibility index (Phi) is 7.75. The van der Waals surface area contributed by atoms with Crippen LogP contribution in [0.25, 0.3) is 0 Å². The number of aromatic amines is 1. The Morgan fingerprint density at radius 2 is 1.77 bits per heavy atom. The molecule has 1 aromatic heterocycles. The number of sulfonamides is 1. The van der Waals surface area contributed by atoms with Gasteiger partial charge in [-0.25, -0.2) is 17.9 Å². The van der Waals surface area contributed by atoms with E-state index in [1.807, 2.05) is 6.07 Å². The number of H-pyrrole nitrogens is 1. The van der Waals surface area contributed by atoms with Crippen molar-refractivity contribution < 1.29 is 27.5 Å². The fourth-order valence-electron chi connectivity index (χ4n) is 3.21. The van der Waals surface area contributed by atoms with Gasteiger partial charge < -0.3 is 15.0 Å². The van der Waals surface area contributed by atoms with E-state index in [-0.39, 0.29) is 47.1 Å². The number of nitrogens with one attached hydrogen (secondary N) is 3. The summed E-state index contributed by atoms with van der Waals surface area (Å²) in [5.74, 6) is -1.35. The van der Waals surface area contributed by atoms with Crippen molar-refractivity contribution in [3.05, 3.63) is 51.8 Å². The van der Waals surface area contributed by atoms with Crippen LogP contribution in [0.3, 0.4) is 0 Å². The first kappa shape index (κ1) is 24.3. The highest BCUT2D eigenvalue weighted by Gasteiger charge is 2.24. The number of ether oxygens (including phenoxy) is 1. The fraction of sp³-hybridized carbons (Fsp3) is 0.381. The summed E-state index contributed by atoms with van der Waals surface area (Å²) in [5, 5.41) is 2.60. The normalized spacial score (nSPS) is 11.3. The zero-order chi connectivity index (χ0) is 23.3. The maximum absolute atomic E-state index is 12.5. The first-order valence-electron chi connectivity index (χ1n) is 9.62. The van der Waals surface area contributed by atoms with Crippen LogP contribution in [0.1, 0.15) is 50.2 Å². The zero-order valence-corrected chi connectivity index (χ0v) is 19.0. The number of aryl methyl sites for hydroxylation is 2. The molecule has 0 unspecified atom stereocenters. The predicted molar refractivity (Wildman–Crippen MR) is 115 cm³/mol. The Morgan fingerprint density at radius 1 is 1.10 bits per heavy atom. The number of methoxy groups -OCH3 is 1. The minimum atomic E-state index is -3.71. The van der Waals surface area contributed by atoms with Crippen molar-refractivity contribution >= 4 is 27.7 Å². The van der Waals surface area contributed by atoms with Gasteiger partial charge in [0.1, 0.15) is 0 Å². The third kappa shape index (κ3) is 5.80. The molecule has 3 N–H and O–H groups in total. The third-order valence-corrected chi connectivity index (χ3v) is 6.38. The standard InChI is InChI=1S/C21H27N3O6S/c1-12-6-7-13(2)17(10-12)31(28,29)23-9-8-22-18(26)11-16-19(21(27)30-5)14(3)20(24-16)15(4)25/h6-7,10,23-24H,8-9,11H2,1-5H3,(H,22,26). The van der Waals surface area contributed by atoms with Gasteiger partial charge in [0, 0.05) is 25.7 Å². The summed E-state index contributed by atoms with van der Waals surface area (Å²) in [6.07, 6.45) is -0.192. The average Bonchev–Trinajstić information content (AvgIpc) is 3.02. The Hall–Kier alpha value is -2.98. The van der Waals surface area contributed by atoms with Crippen molar-refractivity contribution in [2.75, 3.05) is 20.2 Å². The molecule has 0 spiro atoms. The fourth-order valence-corrected chi connectivity index (χ4v) is 4.57. The molecule has 0 aliphatic rings. The highest BCUT2D eigenvalue weighted by Crippen LogP contribution is 2.21. The van der Waals surface area contributed by atoms with Gasteiger partial charge in [-0.3, -0.25) is 9.59 Å². The molecule has 31 heavy (non-hydrogen) atoms. The number of rotatable bonds is 9. The van der Waals surface area contributed by atoms with Gasteiger partial charge in [0.25, 0.3) is 0 Å². The van der Waals surface area contributed by atoms with Gasteiger partial charge in [-0.05, 0) is 43.5 Å². The number of carbonyl (C=O) groups is 3. The van der Waals surface area contributed by atoms with Crippen LogP contribution in [0, 0.1) is 20.8 Å². The second-order valence-electron chi connectivity index (χ2n) is 7.22. The summed E-state index contributed by atoms with van der Waals surface area (Å²) in [7, 11) is -2.49. The summed E-state index contributed by atoms with van der Waals surface area (Å²) in [6, 6.07) is 5.15. The molecule has 0 fully saturated rings. The van der Waals surface area contributed by atoms with Crippen LogP contribution in [-0.2, 0) is 26.0 Å². The van der Waals surface area contributed by atoms with Gasteiger partial charge in [0.15, 0.2) is 5.78 Å². The van der Waals surface area contributed by atoms with E-state index in [1.54, 1.807) is 32.9 Å². The van der Waals surface area contributed by atoms with Crippen molar-refractivity contribution in [2.24, 2.45) is 0 Å². The summed E-state index contributed by atoms with van der Waals surface area (Å²) < 4.78 is 32.2. The maximum Gasteiger partial charge on any atom is 0.339 e. The smallest absolute Gasteiger partial charge is 0.339 e. The van der Waals surface area contributed by atoms with E-state index in [1.165, 1.54) is 14.0 Å². The molecule has 2 aromatic rings. The Morgan fingerprint density at radius 3 is 2.39 bits per heavy atom. The van der Waals surface area contributed by atoms with E-state index in [0.717, 1.165) is 5.56 Å². The topological polar surface area (TPSA) is 134 Å². The van der Waals surface area contributed by atoms with Crippen LogP contribution in [0.2, 0.25) is 0 Å². The van der Waals surface area contributed by atoms with Gasteiger partial charge in [0.2, 0.25) is 15.9 Å². The molecule has 168 valence electrons. The van der Waals surface area contributed by atoms with Crippen LogP contribution < -0.4 is 10.0 Å². The molecular formula is C21H27N3O6S. The van der Waals surface area contributed by atoms with Crippen LogP contribution in [-0.4, -0.2) is 51.3 Å². The molecule has 0 saturated carbocycles. The Bertz CT molecular complexity index is 1120. The highest BCUT2D eigenvalue weighted by molar-refractivity contribution is 7.89. The van der Waals surface area contributed by atoms with Gasteiger partial charge in [-0.2, -0.15) is 0 Å². The molecule has 1 heterocycles. The summed E-state index contributed by atoms with van der Waals surface area (Å²) >= 11 is 0. The molecule has 0 bridgehead atoms. The van der Waals surface area contributed by atoms with Crippen LogP contribution in [0.4, 0.5) is 0 Å². The van der Waals surface area contributed by atoms with Gasteiger partial charge in [-0.1, -0.05) is 12.1 Å². The number of aromatic nitrogens is 1. The summed E-state index contributed by atoms with van der Waals surface area (Å²) in [4.78, 5) is 39.1. The average molecular weight is 450 g/mol. The Labute approximate surface area is 181 Å². The van der Waals surface area contributed by atoms with Gasteiger partial charge >= 0.3 is 5.97 Å². The lowest BCUT2D eigenvalue weighted by Crippen LogP contribution is -2.35. The second-order valence-corrected chi connectivity index (χ2v) is 8.96. The number of carbonyl (C=O) groups excluding carboxylic acids is 3. The first-order chi connectivity index (χ1) is 14.5. The van der Waals surface area contributed by atoms with Crippen LogP contribution in [0.15, 0.2) is 23.1 Å². The third-order valence-electron chi connectivity index (χ3n) is 4.78. The first-order valence-corrected chi connectivity index (χ1v) is 11.1. The van der Waals surface area contributed by atoms with Gasteiger partial charge in [-0.15, -0.1) is 0 Å². The second kappa shape index (κ2) is 9.88. The number of esters is 1. The van der Waals surface area contributed by atoms with Crippen molar-refractivity contribution in [3.8, 4) is 0 Å². The van der Waals surface area contributed by atoms with Crippen LogP contribution in [0.5, 0.6) is 0 Å². The Balaban J connectivity index is 2.00. The summed E-state index contributed by atoms with van der Waals surface area (Å²) in [6.45, 7) is 6.52. The molecule has 0 radical (unpaired) electrons. The molecule has 2 rings (SSSR count). The monoisotopic (exact) mass is 449 g/mol. The minimum absolute atomic E-state index is 0.00619. The number of ketones is 1. The minimum Gasteiger partial charge on any atom is -0.465 e. The van der Waals surface area contributed by atoms with E-state index in [2.05, 4.69) is 15.0 Å². The number of hydrogen-bond acceptors (Lipinski definition) is 6. The quantitative estimate of drug-likeness (QED) is 0.302. The molecule has 0 aliphatic carbocycles. The van der Waals surface area contributed by atoms with E-state index >= 15 is 0 Å². The molecule has 10 heteroatoms. The lowest BCUT2D eigenvalue weighted by molar-refractivity contribution is -0.120.